The van der Waals surface area contributed by atoms with Crippen LogP contribution in [0.2, 0.25) is 0 Å². The second-order valence-electron chi connectivity index (χ2n) is 3.64. The summed E-state index contributed by atoms with van der Waals surface area (Å²) >= 11 is 0. The van der Waals surface area contributed by atoms with Gasteiger partial charge in [0.1, 0.15) is 11.6 Å². The Balaban J connectivity index is 3.09. The Morgan fingerprint density at radius 1 is 0.684 bits per heavy atom. The molecule has 0 unspecified atom stereocenters. The van der Waals surface area contributed by atoms with Crippen LogP contribution in [0.3, 0.4) is 0 Å². The number of rotatable bonds is 1. The minimum absolute atomic E-state index is 0.155. The molecule has 0 amide bonds. The van der Waals surface area contributed by atoms with E-state index in [2.05, 4.69) is 0 Å². The lowest BCUT2D eigenvalue weighted by Crippen LogP contribution is -2.33. The van der Waals surface area contributed by atoms with E-state index in [1.54, 1.807) is 0 Å². The van der Waals surface area contributed by atoms with Gasteiger partial charge in [-0.25, -0.2) is 26.3 Å². The first-order valence-corrected chi connectivity index (χ1v) is 4.77. The number of halogens is 6. The lowest BCUT2D eigenvalue weighted by atomic mass is 9.78. The van der Waals surface area contributed by atoms with Crippen molar-refractivity contribution in [1.82, 2.24) is 0 Å². The minimum atomic E-state index is -2.53. The maximum Gasteiger partial charge on any atom is 0.491 e. The van der Waals surface area contributed by atoms with E-state index < -0.39 is 58.3 Å². The molecule has 0 saturated carbocycles. The van der Waals surface area contributed by atoms with Crippen LogP contribution < -0.4 is 5.46 Å². The smallest absolute Gasteiger partial charge is 0.423 e. The summed E-state index contributed by atoms with van der Waals surface area (Å²) in [6.07, 6.45) is 0. The van der Waals surface area contributed by atoms with Crippen molar-refractivity contribution in [2.24, 2.45) is 0 Å². The molecule has 2 aromatic rings. The first-order valence-electron chi connectivity index (χ1n) is 4.77. The molecule has 2 nitrogen and oxygen atoms in total. The van der Waals surface area contributed by atoms with Crippen molar-refractivity contribution in [3.8, 4) is 0 Å². The highest BCUT2D eigenvalue weighted by Crippen LogP contribution is 2.30. The molecule has 0 radical (unpaired) electrons. The molecule has 0 aliphatic heterocycles. The van der Waals surface area contributed by atoms with Gasteiger partial charge in [0.25, 0.3) is 0 Å². The topological polar surface area (TPSA) is 40.5 Å². The molecule has 0 aliphatic rings. The van der Waals surface area contributed by atoms with Gasteiger partial charge in [0.15, 0.2) is 23.3 Å². The predicted octanol–water partition coefficient (Wildman–Crippen LogP) is 1.35. The summed E-state index contributed by atoms with van der Waals surface area (Å²) in [5.41, 5.74) is -1.13. The molecule has 2 rings (SSSR count). The van der Waals surface area contributed by atoms with E-state index in [0.717, 1.165) is 0 Å². The van der Waals surface area contributed by atoms with Crippen molar-refractivity contribution in [3.05, 3.63) is 41.0 Å². The fourth-order valence-corrected chi connectivity index (χ4v) is 1.67. The van der Waals surface area contributed by atoms with Gasteiger partial charge in [0.05, 0.1) is 10.8 Å². The van der Waals surface area contributed by atoms with E-state index in [-0.39, 0.29) is 6.07 Å². The standard InChI is InChI=1S/C10H3BF6O2/c12-3-1-2(11(18)19)6(13)5-4(3)7(14)9(16)10(17)8(5)15/h1,18-19H. The first kappa shape index (κ1) is 13.7. The molecule has 0 bridgehead atoms. The van der Waals surface area contributed by atoms with Crippen LogP contribution in [0.4, 0.5) is 26.3 Å². The lowest BCUT2D eigenvalue weighted by molar-refractivity contribution is 0.413. The molecule has 0 fully saturated rings. The second kappa shape index (κ2) is 4.43. The van der Waals surface area contributed by atoms with Crippen molar-refractivity contribution >= 4 is 23.4 Å². The van der Waals surface area contributed by atoms with Gasteiger partial charge in [0.2, 0.25) is 0 Å². The van der Waals surface area contributed by atoms with Gasteiger partial charge in [-0.1, -0.05) is 0 Å². The van der Waals surface area contributed by atoms with Crippen LogP contribution in [-0.4, -0.2) is 17.2 Å². The Kier molecular flexibility index (Phi) is 3.19. The van der Waals surface area contributed by atoms with Crippen LogP contribution in [0.1, 0.15) is 0 Å². The summed E-state index contributed by atoms with van der Waals surface area (Å²) < 4.78 is 79.7. The summed E-state index contributed by atoms with van der Waals surface area (Å²) in [6, 6.07) is 0.155. The normalized spacial score (nSPS) is 11.2. The van der Waals surface area contributed by atoms with Crippen LogP contribution in [0.25, 0.3) is 10.8 Å². The largest absolute Gasteiger partial charge is 0.491 e. The molecular weight excluding hydrogens is 277 g/mol. The van der Waals surface area contributed by atoms with Crippen LogP contribution in [0, 0.1) is 34.9 Å². The Hall–Kier alpha value is -1.74. The monoisotopic (exact) mass is 280 g/mol. The maximum atomic E-state index is 13.7. The van der Waals surface area contributed by atoms with Gasteiger partial charge < -0.3 is 10.0 Å². The molecule has 100 valence electrons. The van der Waals surface area contributed by atoms with Gasteiger partial charge >= 0.3 is 7.12 Å². The molecule has 9 heteroatoms. The van der Waals surface area contributed by atoms with E-state index in [1.807, 2.05) is 0 Å². The quantitative estimate of drug-likeness (QED) is 0.358. The van der Waals surface area contributed by atoms with E-state index in [4.69, 9.17) is 10.0 Å². The number of fused-ring (bicyclic) bond motifs is 1. The number of benzene rings is 2. The third-order valence-electron chi connectivity index (χ3n) is 2.54. The van der Waals surface area contributed by atoms with E-state index in [0.29, 0.717) is 0 Å². The molecule has 0 atom stereocenters. The van der Waals surface area contributed by atoms with Crippen molar-refractivity contribution in [3.63, 3.8) is 0 Å². The Bertz CT molecular complexity index is 688. The molecule has 0 aromatic heterocycles. The fraction of sp³-hybridized carbons (Fsp3) is 0. The molecule has 0 aliphatic carbocycles. The third kappa shape index (κ3) is 1.85. The maximum absolute atomic E-state index is 13.7. The summed E-state index contributed by atoms with van der Waals surface area (Å²) in [7, 11) is -2.53. The van der Waals surface area contributed by atoms with Crippen molar-refractivity contribution in [2.45, 2.75) is 0 Å². The van der Waals surface area contributed by atoms with Gasteiger partial charge in [-0.3, -0.25) is 0 Å². The highest BCUT2D eigenvalue weighted by atomic mass is 19.2. The van der Waals surface area contributed by atoms with Crippen molar-refractivity contribution in [1.29, 1.82) is 0 Å². The predicted molar refractivity (Wildman–Crippen MR) is 53.5 cm³/mol. The van der Waals surface area contributed by atoms with E-state index in [9.17, 15) is 26.3 Å². The minimum Gasteiger partial charge on any atom is -0.423 e. The lowest BCUT2D eigenvalue weighted by Gasteiger charge is -2.10. The van der Waals surface area contributed by atoms with E-state index in [1.165, 1.54) is 0 Å². The zero-order valence-corrected chi connectivity index (χ0v) is 8.82. The Morgan fingerprint density at radius 2 is 1.16 bits per heavy atom. The van der Waals surface area contributed by atoms with Crippen LogP contribution >= 0.6 is 0 Å². The van der Waals surface area contributed by atoms with Crippen LogP contribution in [0.15, 0.2) is 6.07 Å². The average Bonchev–Trinajstić information content (AvgIpc) is 2.35. The fourth-order valence-electron chi connectivity index (χ4n) is 1.67. The summed E-state index contributed by atoms with van der Waals surface area (Å²) in [4.78, 5) is 0. The van der Waals surface area contributed by atoms with Crippen molar-refractivity contribution < 1.29 is 36.4 Å². The number of hydrogen-bond donors (Lipinski definition) is 2. The first-order chi connectivity index (χ1) is 8.77. The van der Waals surface area contributed by atoms with E-state index >= 15 is 0 Å². The van der Waals surface area contributed by atoms with Crippen LogP contribution in [-0.2, 0) is 0 Å². The van der Waals surface area contributed by atoms with Gasteiger partial charge in [-0.05, 0) is 6.07 Å². The second-order valence-corrected chi connectivity index (χ2v) is 3.64. The van der Waals surface area contributed by atoms with Crippen molar-refractivity contribution in [2.75, 3.05) is 0 Å². The van der Waals surface area contributed by atoms with Crippen LogP contribution in [0.5, 0.6) is 0 Å². The highest BCUT2D eigenvalue weighted by Gasteiger charge is 2.29. The molecule has 19 heavy (non-hydrogen) atoms. The van der Waals surface area contributed by atoms with Gasteiger partial charge in [-0.2, -0.15) is 0 Å². The summed E-state index contributed by atoms with van der Waals surface area (Å²) in [6.45, 7) is 0. The third-order valence-corrected chi connectivity index (χ3v) is 2.54. The van der Waals surface area contributed by atoms with Gasteiger partial charge in [-0.15, -0.1) is 0 Å². The van der Waals surface area contributed by atoms with Gasteiger partial charge in [0, 0.05) is 5.46 Å². The molecule has 0 heterocycles. The Morgan fingerprint density at radius 3 is 1.63 bits per heavy atom. The highest BCUT2D eigenvalue weighted by molar-refractivity contribution is 6.59. The average molecular weight is 280 g/mol. The molecule has 0 saturated heterocycles. The number of hydrogen-bond acceptors (Lipinski definition) is 2. The molecule has 0 spiro atoms. The molecule has 2 aromatic carbocycles. The SMILES string of the molecule is OB(O)c1cc(F)c2c(F)c(F)c(F)c(F)c2c1F. The Labute approximate surface area is 102 Å². The zero-order chi connectivity index (χ0) is 14.5. The molecular formula is C10H3BF6O2. The summed E-state index contributed by atoms with van der Waals surface area (Å²) in [5, 5.41) is 14.5. The summed E-state index contributed by atoms with van der Waals surface area (Å²) in [5.74, 6) is -12.3. The molecule has 2 N–H and O–H groups in total. The zero-order valence-electron chi connectivity index (χ0n) is 8.82.